The standard InChI is InChI=1S/C26H28FN3O4/c1-30(17-26(32)29-22-11-9-21(27)10-12-22)16-25(31)28-15-20-8-13-23(24(14-20)33-2)34-18-19-6-4-3-5-7-19/h3-14H,15-18H2,1-2H3,(H,28,31)(H,29,32). The van der Waals surface area contributed by atoms with Crippen LogP contribution in [0.2, 0.25) is 0 Å². The number of anilines is 1. The van der Waals surface area contributed by atoms with Crippen LogP contribution in [0.3, 0.4) is 0 Å². The number of halogens is 1. The SMILES string of the molecule is COc1cc(CNC(=O)CN(C)CC(=O)Nc2ccc(F)cc2)ccc1OCc1ccccc1. The third kappa shape index (κ3) is 7.90. The van der Waals surface area contributed by atoms with Crippen LogP contribution in [-0.2, 0) is 22.7 Å². The smallest absolute Gasteiger partial charge is 0.238 e. The van der Waals surface area contributed by atoms with E-state index in [2.05, 4.69) is 10.6 Å². The predicted octanol–water partition coefficient (Wildman–Crippen LogP) is 3.60. The van der Waals surface area contributed by atoms with Gasteiger partial charge in [-0.3, -0.25) is 14.5 Å². The molecule has 34 heavy (non-hydrogen) atoms. The number of carbonyl (C=O) groups is 2. The second kappa shape index (κ2) is 12.4. The largest absolute Gasteiger partial charge is 0.493 e. The molecule has 0 aromatic heterocycles. The van der Waals surface area contributed by atoms with Crippen molar-refractivity contribution >= 4 is 17.5 Å². The Labute approximate surface area is 198 Å². The van der Waals surface area contributed by atoms with Crippen molar-refractivity contribution in [3.63, 3.8) is 0 Å². The summed E-state index contributed by atoms with van der Waals surface area (Å²) in [6.07, 6.45) is 0. The van der Waals surface area contributed by atoms with Gasteiger partial charge in [-0.25, -0.2) is 4.39 Å². The van der Waals surface area contributed by atoms with Crippen molar-refractivity contribution in [1.82, 2.24) is 10.2 Å². The van der Waals surface area contributed by atoms with Crippen molar-refractivity contribution in [3.8, 4) is 11.5 Å². The van der Waals surface area contributed by atoms with Gasteiger partial charge in [0, 0.05) is 12.2 Å². The van der Waals surface area contributed by atoms with Gasteiger partial charge in [0.15, 0.2) is 11.5 Å². The van der Waals surface area contributed by atoms with Crippen LogP contribution >= 0.6 is 0 Å². The maximum absolute atomic E-state index is 13.0. The third-order valence-corrected chi connectivity index (χ3v) is 4.91. The molecule has 0 unspecified atom stereocenters. The number of hydrogen-bond acceptors (Lipinski definition) is 5. The Morgan fingerprint density at radius 1 is 0.882 bits per heavy atom. The molecule has 2 N–H and O–H groups in total. The lowest BCUT2D eigenvalue weighted by molar-refractivity contribution is -0.123. The maximum Gasteiger partial charge on any atom is 0.238 e. The molecule has 0 radical (unpaired) electrons. The molecule has 8 heteroatoms. The Morgan fingerprint density at radius 2 is 1.59 bits per heavy atom. The fourth-order valence-corrected chi connectivity index (χ4v) is 3.21. The number of rotatable bonds is 11. The number of benzene rings is 3. The Bertz CT molecular complexity index is 1090. The number of nitrogens with one attached hydrogen (secondary N) is 2. The van der Waals surface area contributed by atoms with Crippen LogP contribution in [-0.4, -0.2) is 44.0 Å². The van der Waals surface area contributed by atoms with E-state index >= 15 is 0 Å². The molecule has 7 nitrogen and oxygen atoms in total. The van der Waals surface area contributed by atoms with E-state index in [4.69, 9.17) is 9.47 Å². The summed E-state index contributed by atoms with van der Waals surface area (Å²) < 4.78 is 24.2. The van der Waals surface area contributed by atoms with Gasteiger partial charge >= 0.3 is 0 Å². The summed E-state index contributed by atoms with van der Waals surface area (Å²) in [5, 5.41) is 5.50. The molecule has 0 aliphatic rings. The van der Waals surface area contributed by atoms with Gasteiger partial charge in [0.2, 0.25) is 11.8 Å². The molecule has 0 fully saturated rings. The molecular weight excluding hydrogens is 437 g/mol. The van der Waals surface area contributed by atoms with E-state index in [1.165, 1.54) is 24.3 Å². The van der Waals surface area contributed by atoms with Crippen LogP contribution in [0, 0.1) is 5.82 Å². The van der Waals surface area contributed by atoms with Crippen LogP contribution in [0.4, 0.5) is 10.1 Å². The molecule has 0 heterocycles. The van der Waals surface area contributed by atoms with Gasteiger partial charge in [0.1, 0.15) is 12.4 Å². The van der Waals surface area contributed by atoms with Gasteiger partial charge in [-0.1, -0.05) is 36.4 Å². The highest BCUT2D eigenvalue weighted by molar-refractivity contribution is 5.92. The summed E-state index contributed by atoms with van der Waals surface area (Å²) in [7, 11) is 3.24. The van der Waals surface area contributed by atoms with Crippen LogP contribution < -0.4 is 20.1 Å². The molecule has 2 amide bonds. The molecule has 0 aliphatic carbocycles. The average Bonchev–Trinajstić information content (AvgIpc) is 2.83. The van der Waals surface area contributed by atoms with Crippen molar-refractivity contribution in [3.05, 3.63) is 89.7 Å². The molecule has 3 aromatic carbocycles. The lowest BCUT2D eigenvalue weighted by Crippen LogP contribution is -2.38. The number of hydrogen-bond donors (Lipinski definition) is 2. The summed E-state index contributed by atoms with van der Waals surface area (Å²) in [5.74, 6) is 0.308. The van der Waals surface area contributed by atoms with E-state index in [0.29, 0.717) is 30.3 Å². The Hall–Kier alpha value is -3.91. The van der Waals surface area contributed by atoms with Crippen molar-refractivity contribution in [1.29, 1.82) is 0 Å². The molecular formula is C26H28FN3O4. The fourth-order valence-electron chi connectivity index (χ4n) is 3.21. The van der Waals surface area contributed by atoms with Crippen molar-refractivity contribution < 1.29 is 23.5 Å². The van der Waals surface area contributed by atoms with Crippen LogP contribution in [0.1, 0.15) is 11.1 Å². The Balaban J connectivity index is 1.44. The number of carbonyl (C=O) groups excluding carboxylic acids is 2. The number of ether oxygens (including phenoxy) is 2. The highest BCUT2D eigenvalue weighted by Crippen LogP contribution is 2.28. The fraction of sp³-hybridized carbons (Fsp3) is 0.231. The van der Waals surface area contributed by atoms with Gasteiger partial charge in [-0.2, -0.15) is 0 Å². The van der Waals surface area contributed by atoms with Crippen LogP contribution in [0.5, 0.6) is 11.5 Å². The molecule has 0 atom stereocenters. The minimum Gasteiger partial charge on any atom is -0.493 e. The monoisotopic (exact) mass is 465 g/mol. The highest BCUT2D eigenvalue weighted by Gasteiger charge is 2.12. The van der Waals surface area contributed by atoms with Gasteiger partial charge < -0.3 is 20.1 Å². The van der Waals surface area contributed by atoms with Gasteiger partial charge in [-0.15, -0.1) is 0 Å². The predicted molar refractivity (Wildman–Crippen MR) is 128 cm³/mol. The van der Waals surface area contributed by atoms with E-state index in [9.17, 15) is 14.0 Å². The van der Waals surface area contributed by atoms with Crippen molar-refractivity contribution in [2.45, 2.75) is 13.2 Å². The summed E-state index contributed by atoms with van der Waals surface area (Å²) in [6, 6.07) is 20.8. The minimum absolute atomic E-state index is 0.0199. The first-order valence-electron chi connectivity index (χ1n) is 10.8. The van der Waals surface area contributed by atoms with Crippen molar-refractivity contribution in [2.75, 3.05) is 32.6 Å². The summed E-state index contributed by atoms with van der Waals surface area (Å²) in [6.45, 7) is 0.802. The van der Waals surface area contributed by atoms with Crippen LogP contribution in [0.25, 0.3) is 0 Å². The number of likely N-dealkylation sites (N-methyl/N-ethyl adjacent to an activating group) is 1. The minimum atomic E-state index is -0.376. The summed E-state index contributed by atoms with van der Waals surface area (Å²) in [4.78, 5) is 26.0. The number of methoxy groups -OCH3 is 1. The Kier molecular flexibility index (Phi) is 8.99. The number of amides is 2. The first kappa shape index (κ1) is 24.7. The third-order valence-electron chi connectivity index (χ3n) is 4.91. The normalized spacial score (nSPS) is 10.6. The van der Waals surface area contributed by atoms with E-state index in [-0.39, 0.29) is 30.7 Å². The first-order valence-corrected chi connectivity index (χ1v) is 10.8. The van der Waals surface area contributed by atoms with E-state index < -0.39 is 0 Å². The lowest BCUT2D eigenvalue weighted by atomic mass is 10.2. The average molecular weight is 466 g/mol. The summed E-state index contributed by atoms with van der Waals surface area (Å²) in [5.41, 5.74) is 2.40. The second-order valence-electron chi connectivity index (χ2n) is 7.76. The molecule has 3 rings (SSSR count). The number of nitrogens with zero attached hydrogens (tertiary/aromatic N) is 1. The molecule has 178 valence electrons. The molecule has 0 spiro atoms. The van der Waals surface area contributed by atoms with Gasteiger partial charge in [0.25, 0.3) is 0 Å². The molecule has 0 saturated heterocycles. The molecule has 3 aromatic rings. The molecule has 0 saturated carbocycles. The quantitative estimate of drug-likeness (QED) is 0.452. The zero-order valence-corrected chi connectivity index (χ0v) is 19.2. The van der Waals surface area contributed by atoms with Crippen LogP contribution in [0.15, 0.2) is 72.8 Å². The Morgan fingerprint density at radius 3 is 2.29 bits per heavy atom. The first-order chi connectivity index (χ1) is 16.4. The molecule has 0 aliphatic heterocycles. The lowest BCUT2D eigenvalue weighted by Gasteiger charge is -2.16. The van der Waals surface area contributed by atoms with Crippen molar-refractivity contribution in [2.24, 2.45) is 0 Å². The van der Waals surface area contributed by atoms with E-state index in [1.807, 2.05) is 48.5 Å². The van der Waals surface area contributed by atoms with E-state index in [0.717, 1.165) is 11.1 Å². The topological polar surface area (TPSA) is 79.9 Å². The maximum atomic E-state index is 13.0. The van der Waals surface area contributed by atoms with Gasteiger partial charge in [0.05, 0.1) is 20.2 Å². The van der Waals surface area contributed by atoms with E-state index in [1.54, 1.807) is 19.1 Å². The van der Waals surface area contributed by atoms with Gasteiger partial charge in [-0.05, 0) is 54.6 Å². The second-order valence-corrected chi connectivity index (χ2v) is 7.76. The zero-order valence-electron chi connectivity index (χ0n) is 19.2. The summed E-state index contributed by atoms with van der Waals surface area (Å²) >= 11 is 0. The zero-order chi connectivity index (χ0) is 24.3. The molecule has 0 bridgehead atoms. The highest BCUT2D eigenvalue weighted by atomic mass is 19.1.